The summed E-state index contributed by atoms with van der Waals surface area (Å²) in [5.74, 6) is 0.0159. The maximum atomic E-state index is 7.43. The van der Waals surface area contributed by atoms with Gasteiger partial charge < -0.3 is 15.5 Å². The van der Waals surface area contributed by atoms with E-state index in [1.54, 1.807) is 0 Å². The zero-order valence-corrected chi connectivity index (χ0v) is 11.4. The van der Waals surface area contributed by atoms with E-state index in [4.69, 9.17) is 22.7 Å². The van der Waals surface area contributed by atoms with E-state index in [0.29, 0.717) is 10.6 Å². The molecule has 0 saturated carbocycles. The standard InChI is InChI=1S/C13H19ClN4/c1-17-5-2-6-18(8-7-17)10-3-4-11(13(15)16)12(14)9-10/h3-4,9H,2,5-8H2,1H3,(H3,15,16). The first-order valence-corrected chi connectivity index (χ1v) is 6.53. The third-order valence-corrected chi connectivity index (χ3v) is 3.64. The van der Waals surface area contributed by atoms with Gasteiger partial charge in [0.15, 0.2) is 0 Å². The van der Waals surface area contributed by atoms with Crippen LogP contribution in [-0.2, 0) is 0 Å². The van der Waals surface area contributed by atoms with E-state index < -0.39 is 0 Å². The molecule has 0 aliphatic carbocycles. The Balaban J connectivity index is 2.18. The molecule has 1 aromatic carbocycles. The molecule has 0 bridgehead atoms. The fraction of sp³-hybridized carbons (Fsp3) is 0.462. The molecule has 1 aliphatic rings. The average molecular weight is 267 g/mol. The highest BCUT2D eigenvalue weighted by Crippen LogP contribution is 2.24. The number of rotatable bonds is 2. The van der Waals surface area contributed by atoms with Crippen LogP contribution in [0.3, 0.4) is 0 Å². The molecule has 98 valence electrons. The minimum atomic E-state index is 0.0159. The number of nitrogens with two attached hydrogens (primary N) is 1. The van der Waals surface area contributed by atoms with Crippen molar-refractivity contribution in [1.82, 2.24) is 4.90 Å². The normalized spacial score (nSPS) is 17.6. The van der Waals surface area contributed by atoms with E-state index >= 15 is 0 Å². The molecule has 3 N–H and O–H groups in total. The van der Waals surface area contributed by atoms with Crippen molar-refractivity contribution < 1.29 is 0 Å². The van der Waals surface area contributed by atoms with Crippen molar-refractivity contribution in [2.75, 3.05) is 38.1 Å². The molecule has 5 heteroatoms. The zero-order chi connectivity index (χ0) is 13.1. The van der Waals surface area contributed by atoms with Gasteiger partial charge in [-0.1, -0.05) is 11.6 Å². The number of nitrogens with one attached hydrogen (secondary N) is 1. The van der Waals surface area contributed by atoms with Crippen LogP contribution < -0.4 is 10.6 Å². The molecule has 0 atom stereocenters. The highest BCUT2D eigenvalue weighted by molar-refractivity contribution is 6.34. The lowest BCUT2D eigenvalue weighted by atomic mass is 10.1. The summed E-state index contributed by atoms with van der Waals surface area (Å²) in [6, 6.07) is 5.73. The van der Waals surface area contributed by atoms with Gasteiger partial charge in [-0.3, -0.25) is 5.41 Å². The third kappa shape index (κ3) is 2.94. The highest BCUT2D eigenvalue weighted by Gasteiger charge is 2.14. The highest BCUT2D eigenvalue weighted by atomic mass is 35.5. The molecule has 18 heavy (non-hydrogen) atoms. The third-order valence-electron chi connectivity index (χ3n) is 3.33. The largest absolute Gasteiger partial charge is 0.384 e. The number of hydrogen-bond acceptors (Lipinski definition) is 3. The Morgan fingerprint density at radius 3 is 2.72 bits per heavy atom. The second kappa shape index (κ2) is 5.59. The molecule has 1 saturated heterocycles. The van der Waals surface area contributed by atoms with E-state index in [-0.39, 0.29) is 5.84 Å². The number of amidine groups is 1. The maximum Gasteiger partial charge on any atom is 0.124 e. The zero-order valence-electron chi connectivity index (χ0n) is 10.6. The maximum absolute atomic E-state index is 7.43. The predicted octanol–water partition coefficient (Wildman–Crippen LogP) is 1.77. The Morgan fingerprint density at radius 1 is 1.28 bits per heavy atom. The summed E-state index contributed by atoms with van der Waals surface area (Å²) in [5, 5.41) is 7.98. The van der Waals surface area contributed by atoms with Gasteiger partial charge in [0, 0.05) is 30.9 Å². The van der Waals surface area contributed by atoms with Crippen LogP contribution in [0.25, 0.3) is 0 Å². The quantitative estimate of drug-likeness (QED) is 0.634. The monoisotopic (exact) mass is 266 g/mol. The lowest BCUT2D eigenvalue weighted by Gasteiger charge is -2.23. The topological polar surface area (TPSA) is 56.4 Å². The molecule has 4 nitrogen and oxygen atoms in total. The molecule has 0 radical (unpaired) electrons. The number of nitrogen functional groups attached to an aromatic ring is 1. The average Bonchev–Trinajstić information content (AvgIpc) is 2.53. The van der Waals surface area contributed by atoms with Gasteiger partial charge in [-0.25, -0.2) is 0 Å². The van der Waals surface area contributed by atoms with Gasteiger partial charge in [-0.2, -0.15) is 0 Å². The lowest BCUT2D eigenvalue weighted by molar-refractivity contribution is 0.360. The van der Waals surface area contributed by atoms with E-state index in [1.165, 1.54) is 0 Å². The van der Waals surface area contributed by atoms with Crippen LogP contribution >= 0.6 is 11.6 Å². The predicted molar refractivity (Wildman–Crippen MR) is 76.8 cm³/mol. The van der Waals surface area contributed by atoms with Crippen molar-refractivity contribution in [3.05, 3.63) is 28.8 Å². The Morgan fingerprint density at radius 2 is 2.06 bits per heavy atom. The van der Waals surface area contributed by atoms with Crippen molar-refractivity contribution in [3.8, 4) is 0 Å². The number of anilines is 1. The van der Waals surface area contributed by atoms with Crippen LogP contribution in [-0.4, -0.2) is 44.0 Å². The van der Waals surface area contributed by atoms with Crippen LogP contribution in [0.2, 0.25) is 5.02 Å². The summed E-state index contributed by atoms with van der Waals surface area (Å²) in [5.41, 5.74) is 7.18. The first kappa shape index (κ1) is 13.2. The molecule has 0 spiro atoms. The number of likely N-dealkylation sites (N-methyl/N-ethyl adjacent to an activating group) is 1. The van der Waals surface area contributed by atoms with Gasteiger partial charge in [-0.05, 0) is 38.2 Å². The van der Waals surface area contributed by atoms with Gasteiger partial charge in [0.25, 0.3) is 0 Å². The Labute approximate surface area is 113 Å². The molecular formula is C13H19ClN4. The summed E-state index contributed by atoms with van der Waals surface area (Å²) in [7, 11) is 2.15. The summed E-state index contributed by atoms with van der Waals surface area (Å²) in [6.07, 6.45) is 1.16. The van der Waals surface area contributed by atoms with Gasteiger partial charge in [0.05, 0.1) is 5.02 Å². The fourth-order valence-corrected chi connectivity index (χ4v) is 2.50. The lowest BCUT2D eigenvalue weighted by Crippen LogP contribution is -2.28. The molecule has 1 aliphatic heterocycles. The Bertz CT molecular complexity index is 447. The van der Waals surface area contributed by atoms with Crippen molar-refractivity contribution >= 4 is 23.1 Å². The Kier molecular flexibility index (Phi) is 4.09. The van der Waals surface area contributed by atoms with E-state index in [9.17, 15) is 0 Å². The van der Waals surface area contributed by atoms with Gasteiger partial charge in [-0.15, -0.1) is 0 Å². The summed E-state index contributed by atoms with van der Waals surface area (Å²) in [6.45, 7) is 4.24. The van der Waals surface area contributed by atoms with Crippen molar-refractivity contribution in [2.24, 2.45) is 5.73 Å². The number of hydrogen-bond donors (Lipinski definition) is 2. The molecule has 1 heterocycles. The van der Waals surface area contributed by atoms with E-state index in [2.05, 4.69) is 16.8 Å². The molecule has 2 rings (SSSR count). The number of halogens is 1. The van der Waals surface area contributed by atoms with Gasteiger partial charge in [0.2, 0.25) is 0 Å². The van der Waals surface area contributed by atoms with Crippen LogP contribution in [0.5, 0.6) is 0 Å². The smallest absolute Gasteiger partial charge is 0.124 e. The second-order valence-electron chi connectivity index (χ2n) is 4.72. The van der Waals surface area contributed by atoms with Crippen LogP contribution in [0, 0.1) is 5.41 Å². The summed E-state index contributed by atoms with van der Waals surface area (Å²) < 4.78 is 0. The van der Waals surface area contributed by atoms with Crippen LogP contribution in [0.1, 0.15) is 12.0 Å². The van der Waals surface area contributed by atoms with Crippen molar-refractivity contribution in [3.63, 3.8) is 0 Å². The Hall–Kier alpha value is -1.26. The van der Waals surface area contributed by atoms with Gasteiger partial charge >= 0.3 is 0 Å². The fourth-order valence-electron chi connectivity index (χ4n) is 2.22. The molecule has 0 amide bonds. The van der Waals surface area contributed by atoms with Crippen LogP contribution in [0.15, 0.2) is 18.2 Å². The molecule has 1 aromatic rings. The first-order chi connectivity index (χ1) is 8.58. The number of benzene rings is 1. The van der Waals surface area contributed by atoms with Crippen molar-refractivity contribution in [2.45, 2.75) is 6.42 Å². The molecule has 0 unspecified atom stereocenters. The second-order valence-corrected chi connectivity index (χ2v) is 5.13. The summed E-state index contributed by atoms with van der Waals surface area (Å²) in [4.78, 5) is 4.67. The van der Waals surface area contributed by atoms with Crippen molar-refractivity contribution in [1.29, 1.82) is 5.41 Å². The minimum absolute atomic E-state index is 0.0159. The van der Waals surface area contributed by atoms with E-state index in [0.717, 1.165) is 38.3 Å². The number of nitrogens with zero attached hydrogens (tertiary/aromatic N) is 2. The molecule has 0 aromatic heterocycles. The van der Waals surface area contributed by atoms with E-state index in [1.807, 2.05) is 18.2 Å². The van der Waals surface area contributed by atoms with Crippen LogP contribution in [0.4, 0.5) is 5.69 Å². The first-order valence-electron chi connectivity index (χ1n) is 6.15. The molecular weight excluding hydrogens is 248 g/mol. The molecule has 1 fully saturated rings. The van der Waals surface area contributed by atoms with Gasteiger partial charge in [0.1, 0.15) is 5.84 Å². The SMILES string of the molecule is CN1CCCN(c2ccc(C(=N)N)c(Cl)c2)CC1. The summed E-state index contributed by atoms with van der Waals surface area (Å²) >= 11 is 6.16. The minimum Gasteiger partial charge on any atom is -0.384 e.